The Labute approximate surface area is 61.5 Å². The summed E-state index contributed by atoms with van der Waals surface area (Å²) in [6.45, 7) is 0. The number of nitrogens with zero attached hydrogens (tertiary/aromatic N) is 3. The van der Waals surface area contributed by atoms with E-state index in [0.717, 1.165) is 0 Å². The second-order valence-corrected chi connectivity index (χ2v) is 2.03. The van der Waals surface area contributed by atoms with Crippen molar-refractivity contribution in [2.24, 2.45) is 5.18 Å². The Morgan fingerprint density at radius 3 is 3.18 bits per heavy atom. The molecule has 0 spiro atoms. The van der Waals surface area contributed by atoms with E-state index in [1.807, 2.05) is 0 Å². The zero-order valence-corrected chi connectivity index (χ0v) is 5.48. The van der Waals surface area contributed by atoms with Gasteiger partial charge in [-0.1, -0.05) is 0 Å². The lowest BCUT2D eigenvalue weighted by atomic mass is 10.4. The van der Waals surface area contributed by atoms with Gasteiger partial charge >= 0.3 is 0 Å². The maximum Gasteiger partial charge on any atom is 0.209 e. The summed E-state index contributed by atoms with van der Waals surface area (Å²) in [5, 5.41) is 3.40. The molecule has 2 aromatic heterocycles. The fraction of sp³-hybridized carbons (Fsp3) is 0. The summed E-state index contributed by atoms with van der Waals surface area (Å²) in [4.78, 5) is 20.6. The lowest BCUT2D eigenvalue weighted by molar-refractivity contribution is 1.18. The van der Waals surface area contributed by atoms with Crippen LogP contribution in [0.15, 0.2) is 23.8 Å². The molecule has 2 heterocycles. The molecule has 0 aromatic carbocycles. The fourth-order valence-electron chi connectivity index (χ4n) is 0.931. The van der Waals surface area contributed by atoms with Crippen molar-refractivity contribution in [3.8, 4) is 0 Å². The van der Waals surface area contributed by atoms with E-state index in [0.29, 0.717) is 11.0 Å². The van der Waals surface area contributed by atoms with Gasteiger partial charge in [0.25, 0.3) is 0 Å². The average Bonchev–Trinajstić information content (AvgIpc) is 2.50. The van der Waals surface area contributed by atoms with Crippen LogP contribution < -0.4 is 0 Å². The minimum atomic E-state index is 0.177. The summed E-state index contributed by atoms with van der Waals surface area (Å²) in [6.07, 6.45) is 2.99. The van der Waals surface area contributed by atoms with Crippen LogP contribution in [0, 0.1) is 4.91 Å². The van der Waals surface area contributed by atoms with Gasteiger partial charge in [0.1, 0.15) is 12.0 Å². The van der Waals surface area contributed by atoms with Crippen molar-refractivity contribution in [3.63, 3.8) is 0 Å². The molecule has 1 N–H and O–H groups in total. The second-order valence-electron chi connectivity index (χ2n) is 2.03. The van der Waals surface area contributed by atoms with Crippen molar-refractivity contribution in [3.05, 3.63) is 23.5 Å². The molecule has 0 aliphatic rings. The molecule has 0 aliphatic carbocycles. The third-order valence-corrected chi connectivity index (χ3v) is 1.42. The first kappa shape index (κ1) is 5.96. The largest absolute Gasteiger partial charge is 0.346 e. The maximum atomic E-state index is 10.2. The summed E-state index contributed by atoms with van der Waals surface area (Å²) in [5.74, 6) is 0.177. The molecule has 0 saturated heterocycles. The highest BCUT2D eigenvalue weighted by Crippen LogP contribution is 2.19. The number of hydrogen-bond donors (Lipinski definition) is 1. The number of fused-ring (bicyclic) bond motifs is 1. The quantitative estimate of drug-likeness (QED) is 0.620. The van der Waals surface area contributed by atoms with Gasteiger partial charge < -0.3 is 4.98 Å². The molecule has 5 nitrogen and oxygen atoms in total. The molecule has 11 heavy (non-hydrogen) atoms. The van der Waals surface area contributed by atoms with Crippen molar-refractivity contribution in [2.75, 3.05) is 0 Å². The SMILES string of the molecule is O=Nc1ncnc2[nH]ccc12. The zero-order valence-electron chi connectivity index (χ0n) is 5.48. The van der Waals surface area contributed by atoms with E-state index in [1.165, 1.54) is 6.33 Å². The molecule has 0 saturated carbocycles. The number of hydrogen-bond acceptors (Lipinski definition) is 4. The lowest BCUT2D eigenvalue weighted by Gasteiger charge is -1.88. The van der Waals surface area contributed by atoms with Crippen LogP contribution >= 0.6 is 0 Å². The molecule has 0 bridgehead atoms. The van der Waals surface area contributed by atoms with Crippen molar-refractivity contribution in [1.29, 1.82) is 0 Å². The molecular formula is C6H4N4O. The molecule has 54 valence electrons. The summed E-state index contributed by atoms with van der Waals surface area (Å²) >= 11 is 0. The van der Waals surface area contributed by atoms with E-state index in [4.69, 9.17) is 0 Å². The molecule has 0 radical (unpaired) electrons. The van der Waals surface area contributed by atoms with Crippen LogP contribution in [0.1, 0.15) is 0 Å². The fourth-order valence-corrected chi connectivity index (χ4v) is 0.931. The minimum Gasteiger partial charge on any atom is -0.346 e. The molecule has 0 atom stereocenters. The van der Waals surface area contributed by atoms with Crippen molar-refractivity contribution in [2.45, 2.75) is 0 Å². The smallest absolute Gasteiger partial charge is 0.209 e. The van der Waals surface area contributed by atoms with Gasteiger partial charge in [-0.05, 0) is 11.2 Å². The van der Waals surface area contributed by atoms with E-state index in [1.54, 1.807) is 12.3 Å². The number of H-pyrrole nitrogens is 1. The zero-order chi connectivity index (χ0) is 7.68. The minimum absolute atomic E-state index is 0.177. The predicted molar refractivity (Wildman–Crippen MR) is 39.3 cm³/mol. The van der Waals surface area contributed by atoms with Crippen LogP contribution in [0.25, 0.3) is 11.0 Å². The number of nitroso groups, excluding NO2 is 1. The molecule has 0 amide bonds. The second kappa shape index (κ2) is 2.12. The van der Waals surface area contributed by atoms with Gasteiger partial charge in [0.15, 0.2) is 0 Å². The van der Waals surface area contributed by atoms with Crippen LogP contribution in [-0.4, -0.2) is 15.0 Å². The standard InChI is InChI=1S/C6H4N4O/c11-10-6-4-1-2-7-5(4)8-3-9-6/h1-3H,(H,7,8,9). The van der Waals surface area contributed by atoms with Crippen LogP contribution in [0.3, 0.4) is 0 Å². The Morgan fingerprint density at radius 2 is 2.36 bits per heavy atom. The first-order valence-corrected chi connectivity index (χ1v) is 3.03. The monoisotopic (exact) mass is 148 g/mol. The van der Waals surface area contributed by atoms with Gasteiger partial charge in [0.05, 0.1) is 5.39 Å². The van der Waals surface area contributed by atoms with E-state index in [-0.39, 0.29) is 5.82 Å². The van der Waals surface area contributed by atoms with Crippen LogP contribution in [0.5, 0.6) is 0 Å². The van der Waals surface area contributed by atoms with Gasteiger partial charge in [-0.3, -0.25) is 0 Å². The lowest BCUT2D eigenvalue weighted by Crippen LogP contribution is -1.78. The Hall–Kier alpha value is -1.78. The molecule has 2 aromatic rings. The molecule has 0 aliphatic heterocycles. The Kier molecular flexibility index (Phi) is 1.15. The molecule has 5 heteroatoms. The van der Waals surface area contributed by atoms with Gasteiger partial charge in [0, 0.05) is 6.20 Å². The Morgan fingerprint density at radius 1 is 1.45 bits per heavy atom. The normalized spacial score (nSPS) is 10.2. The molecular weight excluding hydrogens is 144 g/mol. The van der Waals surface area contributed by atoms with Crippen LogP contribution in [0.4, 0.5) is 5.82 Å². The van der Waals surface area contributed by atoms with E-state index < -0.39 is 0 Å². The van der Waals surface area contributed by atoms with E-state index in [2.05, 4.69) is 20.1 Å². The van der Waals surface area contributed by atoms with Crippen molar-refractivity contribution in [1.82, 2.24) is 15.0 Å². The third-order valence-electron chi connectivity index (χ3n) is 1.42. The first-order valence-electron chi connectivity index (χ1n) is 3.03. The van der Waals surface area contributed by atoms with Crippen LogP contribution in [0.2, 0.25) is 0 Å². The maximum absolute atomic E-state index is 10.2. The summed E-state index contributed by atoms with van der Waals surface area (Å²) < 4.78 is 0. The molecule has 0 fully saturated rings. The molecule has 0 unspecified atom stereocenters. The summed E-state index contributed by atoms with van der Waals surface area (Å²) in [6, 6.07) is 1.71. The number of aromatic nitrogens is 3. The Bertz CT molecular complexity index is 394. The number of aromatic amines is 1. The highest BCUT2D eigenvalue weighted by molar-refractivity contribution is 5.84. The Balaban J connectivity index is 2.88. The van der Waals surface area contributed by atoms with Crippen molar-refractivity contribution < 1.29 is 0 Å². The average molecular weight is 148 g/mol. The van der Waals surface area contributed by atoms with Gasteiger partial charge in [0.2, 0.25) is 5.82 Å². The van der Waals surface area contributed by atoms with Crippen molar-refractivity contribution >= 4 is 16.9 Å². The predicted octanol–water partition coefficient (Wildman–Crippen LogP) is 1.36. The van der Waals surface area contributed by atoms with Gasteiger partial charge in [-0.15, -0.1) is 4.91 Å². The highest BCUT2D eigenvalue weighted by Gasteiger charge is 2.02. The number of rotatable bonds is 1. The van der Waals surface area contributed by atoms with Gasteiger partial charge in [-0.2, -0.15) is 0 Å². The first-order chi connectivity index (χ1) is 5.42. The number of nitrogens with one attached hydrogen (secondary N) is 1. The van der Waals surface area contributed by atoms with Gasteiger partial charge in [-0.25, -0.2) is 9.97 Å². The third kappa shape index (κ3) is 0.778. The topological polar surface area (TPSA) is 71.0 Å². The highest BCUT2D eigenvalue weighted by atomic mass is 16.3. The van der Waals surface area contributed by atoms with E-state index in [9.17, 15) is 4.91 Å². The van der Waals surface area contributed by atoms with Crippen LogP contribution in [-0.2, 0) is 0 Å². The summed E-state index contributed by atoms with van der Waals surface area (Å²) in [7, 11) is 0. The molecule has 2 rings (SSSR count). The van der Waals surface area contributed by atoms with E-state index >= 15 is 0 Å². The summed E-state index contributed by atoms with van der Waals surface area (Å²) in [5.41, 5.74) is 0.634.